The van der Waals surface area contributed by atoms with Crippen LogP contribution in [0.2, 0.25) is 0 Å². The van der Waals surface area contributed by atoms with E-state index in [0.29, 0.717) is 0 Å². The Morgan fingerprint density at radius 3 is 2.47 bits per heavy atom. The molecule has 0 aliphatic carbocycles. The highest BCUT2D eigenvalue weighted by Crippen LogP contribution is 2.35. The highest BCUT2D eigenvalue weighted by molar-refractivity contribution is 7.99. The molecule has 154 valence electrons. The van der Waals surface area contributed by atoms with Crippen molar-refractivity contribution < 1.29 is 0 Å². The molecule has 0 aliphatic heterocycles. The van der Waals surface area contributed by atoms with Gasteiger partial charge in [0.2, 0.25) is 0 Å². The minimum absolute atomic E-state index is 0.0286. The molecule has 1 unspecified atom stereocenters. The Morgan fingerprint density at radius 2 is 1.80 bits per heavy atom. The molecule has 2 aromatic heterocycles. The minimum atomic E-state index is 0.0286. The number of imidazole rings is 1. The Balaban J connectivity index is 1.97. The van der Waals surface area contributed by atoms with Crippen LogP contribution in [0.4, 0.5) is 5.69 Å². The third kappa shape index (κ3) is 3.52. The maximum atomic E-state index is 12.2. The van der Waals surface area contributed by atoms with Crippen LogP contribution in [-0.2, 0) is 7.05 Å². The second kappa shape index (κ2) is 8.03. The predicted octanol–water partition coefficient (Wildman–Crippen LogP) is 5.32. The fourth-order valence-corrected chi connectivity index (χ4v) is 4.45. The molecular weight excluding hydrogens is 392 g/mol. The van der Waals surface area contributed by atoms with E-state index in [0.717, 1.165) is 39.2 Å². The maximum Gasteiger partial charge on any atom is 0.253 e. The monoisotopic (exact) mass is 418 g/mol. The second-order valence-corrected chi connectivity index (χ2v) is 8.25. The van der Waals surface area contributed by atoms with Crippen molar-refractivity contribution in [3.8, 4) is 11.1 Å². The van der Waals surface area contributed by atoms with Gasteiger partial charge in [0, 0.05) is 25.1 Å². The largest absolute Gasteiger partial charge is 0.328 e. The fourth-order valence-electron chi connectivity index (χ4n) is 4.07. The number of benzene rings is 2. The summed E-state index contributed by atoms with van der Waals surface area (Å²) in [5.41, 5.74) is 7.07. The average molecular weight is 419 g/mol. The van der Waals surface area contributed by atoms with E-state index in [1.54, 1.807) is 23.6 Å². The molecule has 4 aromatic rings. The van der Waals surface area contributed by atoms with Crippen molar-refractivity contribution >= 4 is 28.7 Å². The molecule has 2 heterocycles. The first-order chi connectivity index (χ1) is 14.4. The SMILES string of the molecule is CSNc1cc(-c2cc(C)c(=O)n(C)c2)cc2c1nc(C)n2C(C)c1ccccc1. The van der Waals surface area contributed by atoms with Gasteiger partial charge in [0.25, 0.3) is 5.56 Å². The van der Waals surface area contributed by atoms with Crippen LogP contribution < -0.4 is 10.3 Å². The molecule has 0 saturated heterocycles. The van der Waals surface area contributed by atoms with Crippen molar-refractivity contribution in [3.05, 3.63) is 82.0 Å². The quantitative estimate of drug-likeness (QED) is 0.446. The fraction of sp³-hybridized carbons (Fsp3) is 0.250. The molecule has 30 heavy (non-hydrogen) atoms. The average Bonchev–Trinajstić information content (AvgIpc) is 3.08. The Labute approximate surface area is 180 Å². The van der Waals surface area contributed by atoms with Gasteiger partial charge in [-0.1, -0.05) is 42.3 Å². The van der Waals surface area contributed by atoms with Crippen molar-refractivity contribution in [1.82, 2.24) is 14.1 Å². The van der Waals surface area contributed by atoms with Crippen LogP contribution in [0.25, 0.3) is 22.2 Å². The number of rotatable bonds is 5. The summed E-state index contributed by atoms with van der Waals surface area (Å²) in [5, 5.41) is 0. The second-order valence-electron chi connectivity index (χ2n) is 7.64. The van der Waals surface area contributed by atoms with Crippen LogP contribution >= 0.6 is 11.9 Å². The summed E-state index contributed by atoms with van der Waals surface area (Å²) in [7, 11) is 1.80. The Hall–Kier alpha value is -2.99. The van der Waals surface area contributed by atoms with Crippen LogP contribution in [0.1, 0.15) is 29.9 Å². The van der Waals surface area contributed by atoms with Crippen LogP contribution in [-0.4, -0.2) is 20.4 Å². The minimum Gasteiger partial charge on any atom is -0.328 e. The first-order valence-corrected chi connectivity index (χ1v) is 11.2. The summed E-state index contributed by atoms with van der Waals surface area (Å²) in [6.07, 6.45) is 3.90. The molecule has 6 heteroatoms. The number of aromatic nitrogens is 3. The Morgan fingerprint density at radius 1 is 1.07 bits per heavy atom. The number of nitrogens with zero attached hydrogens (tertiary/aromatic N) is 3. The van der Waals surface area contributed by atoms with Gasteiger partial charge >= 0.3 is 0 Å². The highest BCUT2D eigenvalue weighted by Gasteiger charge is 2.19. The lowest BCUT2D eigenvalue weighted by molar-refractivity contribution is 0.637. The molecule has 0 bridgehead atoms. The van der Waals surface area contributed by atoms with Crippen LogP contribution in [0.5, 0.6) is 0 Å². The lowest BCUT2D eigenvalue weighted by Crippen LogP contribution is -2.18. The van der Waals surface area contributed by atoms with Gasteiger partial charge in [0.15, 0.2) is 0 Å². The van der Waals surface area contributed by atoms with Crippen molar-refractivity contribution in [2.45, 2.75) is 26.8 Å². The summed E-state index contributed by atoms with van der Waals surface area (Å²) >= 11 is 1.55. The Kier molecular flexibility index (Phi) is 5.43. The van der Waals surface area contributed by atoms with Crippen molar-refractivity contribution in [1.29, 1.82) is 0 Å². The molecule has 0 radical (unpaired) electrons. The van der Waals surface area contributed by atoms with Crippen molar-refractivity contribution in [3.63, 3.8) is 0 Å². The molecule has 0 saturated carbocycles. The standard InChI is InChI=1S/C24H26N4OS/c1-15-11-20(14-27(4)24(15)29)19-12-21(26-30-5)23-22(13-19)28(17(3)25-23)16(2)18-9-7-6-8-10-18/h6-14,16,26H,1-5H3. The predicted molar refractivity (Wildman–Crippen MR) is 127 cm³/mol. The van der Waals surface area contributed by atoms with Crippen molar-refractivity contribution in [2.75, 3.05) is 11.0 Å². The summed E-state index contributed by atoms with van der Waals surface area (Å²) < 4.78 is 7.32. The Bertz CT molecular complexity index is 1250. The van der Waals surface area contributed by atoms with Gasteiger partial charge in [-0.3, -0.25) is 4.79 Å². The normalized spacial score (nSPS) is 12.3. The third-order valence-corrected chi connectivity index (χ3v) is 5.97. The van der Waals surface area contributed by atoms with Gasteiger partial charge in [-0.25, -0.2) is 4.98 Å². The number of anilines is 1. The molecule has 0 spiro atoms. The van der Waals surface area contributed by atoms with E-state index in [2.05, 4.69) is 59.5 Å². The number of pyridine rings is 1. The molecule has 2 aromatic carbocycles. The molecule has 0 aliphatic rings. The molecule has 1 atom stereocenters. The lowest BCUT2D eigenvalue weighted by Gasteiger charge is -2.18. The highest BCUT2D eigenvalue weighted by atomic mass is 32.2. The van der Waals surface area contributed by atoms with Gasteiger partial charge in [-0.2, -0.15) is 0 Å². The number of aryl methyl sites for hydroxylation is 3. The smallest absolute Gasteiger partial charge is 0.253 e. The van der Waals surface area contributed by atoms with Crippen LogP contribution in [0.15, 0.2) is 59.5 Å². The van der Waals surface area contributed by atoms with Gasteiger partial charge in [-0.15, -0.1) is 0 Å². The van der Waals surface area contributed by atoms with Crippen molar-refractivity contribution in [2.24, 2.45) is 7.05 Å². The van der Waals surface area contributed by atoms with Gasteiger partial charge < -0.3 is 13.9 Å². The number of hydrogen-bond donors (Lipinski definition) is 1. The molecular formula is C24H26N4OS. The first kappa shape index (κ1) is 20.3. The lowest BCUT2D eigenvalue weighted by atomic mass is 10.0. The zero-order valence-corrected chi connectivity index (χ0v) is 18.7. The zero-order valence-electron chi connectivity index (χ0n) is 17.9. The molecule has 0 fully saturated rings. The van der Waals surface area contributed by atoms with E-state index in [1.165, 1.54) is 5.56 Å². The third-order valence-electron chi connectivity index (χ3n) is 5.55. The topological polar surface area (TPSA) is 51.9 Å². The molecule has 0 amide bonds. The maximum absolute atomic E-state index is 12.2. The first-order valence-electron chi connectivity index (χ1n) is 9.95. The van der Waals surface area contributed by atoms with E-state index in [4.69, 9.17) is 4.98 Å². The van der Waals surface area contributed by atoms with E-state index >= 15 is 0 Å². The molecule has 5 nitrogen and oxygen atoms in total. The van der Waals surface area contributed by atoms with E-state index < -0.39 is 0 Å². The van der Waals surface area contributed by atoms with E-state index in [-0.39, 0.29) is 11.6 Å². The van der Waals surface area contributed by atoms with Crippen LogP contribution in [0, 0.1) is 13.8 Å². The summed E-state index contributed by atoms with van der Waals surface area (Å²) in [6.45, 7) is 6.11. The van der Waals surface area contributed by atoms with Gasteiger partial charge in [0.1, 0.15) is 11.3 Å². The number of fused-ring (bicyclic) bond motifs is 1. The summed E-state index contributed by atoms with van der Waals surface area (Å²) in [6, 6.07) is 16.9. The summed E-state index contributed by atoms with van der Waals surface area (Å²) in [4.78, 5) is 17.1. The van der Waals surface area contributed by atoms with E-state index in [9.17, 15) is 4.79 Å². The molecule has 4 rings (SSSR count). The van der Waals surface area contributed by atoms with Gasteiger partial charge in [0.05, 0.1) is 17.2 Å². The van der Waals surface area contributed by atoms with E-state index in [1.807, 2.05) is 31.5 Å². The zero-order chi connectivity index (χ0) is 21.4. The molecule has 1 N–H and O–H groups in total. The number of hydrogen-bond acceptors (Lipinski definition) is 4. The number of nitrogens with one attached hydrogen (secondary N) is 1. The van der Waals surface area contributed by atoms with Gasteiger partial charge in [-0.05, 0) is 55.7 Å². The summed E-state index contributed by atoms with van der Waals surface area (Å²) in [5.74, 6) is 0.972. The van der Waals surface area contributed by atoms with Crippen LogP contribution in [0.3, 0.4) is 0 Å².